The molecular weight excluding hydrogens is 351 g/mol. The van der Waals surface area contributed by atoms with Gasteiger partial charge in [0.25, 0.3) is 5.91 Å². The summed E-state index contributed by atoms with van der Waals surface area (Å²) in [4.78, 5) is 12.1. The first-order chi connectivity index (χ1) is 13.1. The Kier molecular flexibility index (Phi) is 5.46. The van der Waals surface area contributed by atoms with Crippen LogP contribution in [0.1, 0.15) is 10.4 Å². The average Bonchev–Trinajstić information content (AvgIpc) is 2.69. The third kappa shape index (κ3) is 4.30. The summed E-state index contributed by atoms with van der Waals surface area (Å²) in [5.41, 5.74) is 0.580. The molecule has 0 unspecified atom stereocenters. The molecule has 0 aliphatic carbocycles. The van der Waals surface area contributed by atoms with Crippen LogP contribution in [0.5, 0.6) is 11.5 Å². The molecule has 3 aromatic rings. The summed E-state index contributed by atoms with van der Waals surface area (Å²) in [6.45, 7) is 0. The number of halogens is 1. The first-order valence-corrected chi connectivity index (χ1v) is 7.99. The Labute approximate surface area is 155 Å². The van der Waals surface area contributed by atoms with E-state index in [1.165, 1.54) is 18.2 Å². The molecule has 7 nitrogen and oxygen atoms in total. The third-order valence-corrected chi connectivity index (χ3v) is 3.69. The van der Waals surface area contributed by atoms with Crippen LogP contribution in [0.25, 0.3) is 0 Å². The Balaban J connectivity index is 1.73. The Morgan fingerprint density at radius 1 is 0.963 bits per heavy atom. The molecule has 8 heteroatoms. The number of carbonyl (C=O) groups is 1. The van der Waals surface area contributed by atoms with E-state index >= 15 is 0 Å². The molecule has 27 heavy (non-hydrogen) atoms. The second-order valence-electron chi connectivity index (χ2n) is 5.43. The van der Waals surface area contributed by atoms with Crippen molar-refractivity contribution >= 4 is 23.2 Å². The normalized spacial score (nSPS) is 10.2. The molecule has 0 bridgehead atoms. The maximum absolute atomic E-state index is 13.7. The van der Waals surface area contributed by atoms with Crippen molar-refractivity contribution in [3.63, 3.8) is 0 Å². The minimum absolute atomic E-state index is 0.0670. The van der Waals surface area contributed by atoms with Crippen molar-refractivity contribution < 1.29 is 18.7 Å². The van der Waals surface area contributed by atoms with Crippen molar-refractivity contribution in [3.8, 4) is 11.5 Å². The summed E-state index contributed by atoms with van der Waals surface area (Å²) >= 11 is 0. The lowest BCUT2D eigenvalue weighted by Crippen LogP contribution is -2.15. The maximum atomic E-state index is 13.7. The Morgan fingerprint density at radius 3 is 2.37 bits per heavy atom. The molecule has 1 amide bonds. The molecule has 0 spiro atoms. The topological polar surface area (TPSA) is 85.4 Å². The second kappa shape index (κ2) is 8.13. The molecule has 0 aliphatic rings. The number of amides is 1. The van der Waals surface area contributed by atoms with Crippen LogP contribution in [0, 0.1) is 5.82 Å². The lowest BCUT2D eigenvalue weighted by Gasteiger charge is -2.12. The first kappa shape index (κ1) is 18.1. The van der Waals surface area contributed by atoms with E-state index in [4.69, 9.17) is 9.47 Å². The van der Waals surface area contributed by atoms with Crippen LogP contribution in [0.2, 0.25) is 0 Å². The summed E-state index contributed by atoms with van der Waals surface area (Å²) < 4.78 is 24.1. The van der Waals surface area contributed by atoms with Gasteiger partial charge in [-0.3, -0.25) is 4.79 Å². The molecule has 2 N–H and O–H groups in total. The highest BCUT2D eigenvalue weighted by molar-refractivity contribution is 6.03. The van der Waals surface area contributed by atoms with Gasteiger partial charge in [0.05, 0.1) is 25.5 Å². The minimum atomic E-state index is -0.605. The highest BCUT2D eigenvalue weighted by Gasteiger charge is 2.12. The maximum Gasteiger partial charge on any atom is 0.259 e. The minimum Gasteiger partial charge on any atom is -0.497 e. The molecule has 0 saturated carbocycles. The summed E-state index contributed by atoms with van der Waals surface area (Å²) in [6, 6.07) is 14.2. The number of hydrogen-bond acceptors (Lipinski definition) is 6. The molecule has 0 atom stereocenters. The van der Waals surface area contributed by atoms with Crippen molar-refractivity contribution in [2.45, 2.75) is 0 Å². The van der Waals surface area contributed by atoms with Gasteiger partial charge in [-0.25, -0.2) is 4.39 Å². The van der Waals surface area contributed by atoms with E-state index < -0.39 is 11.7 Å². The van der Waals surface area contributed by atoms with Gasteiger partial charge in [-0.15, -0.1) is 10.2 Å². The Bertz CT molecular complexity index is 948. The number of ether oxygens (including phenoxy) is 2. The fourth-order valence-electron chi connectivity index (χ4n) is 2.34. The summed E-state index contributed by atoms with van der Waals surface area (Å²) in [7, 11) is 3.12. The first-order valence-electron chi connectivity index (χ1n) is 7.99. The van der Waals surface area contributed by atoms with E-state index in [1.54, 1.807) is 50.6 Å². The van der Waals surface area contributed by atoms with Gasteiger partial charge in [-0.05, 0) is 36.4 Å². The van der Waals surface area contributed by atoms with Crippen molar-refractivity contribution in [2.24, 2.45) is 0 Å². The van der Waals surface area contributed by atoms with Gasteiger partial charge in [-0.2, -0.15) is 0 Å². The number of nitrogens with one attached hydrogen (secondary N) is 2. The van der Waals surface area contributed by atoms with Crippen LogP contribution in [0.15, 0.2) is 54.6 Å². The van der Waals surface area contributed by atoms with Gasteiger partial charge in [0.15, 0.2) is 11.6 Å². The predicted octanol–water partition coefficient (Wildman–Crippen LogP) is 3.63. The Hall–Kier alpha value is -3.68. The molecule has 3 rings (SSSR count). The van der Waals surface area contributed by atoms with E-state index in [1.807, 2.05) is 0 Å². The SMILES string of the molecule is COc1ccc(OC)c(Nc2ccc(NC(=O)c3ccccc3F)nn2)c1. The molecule has 0 fully saturated rings. The van der Waals surface area contributed by atoms with Crippen molar-refractivity contribution in [1.82, 2.24) is 10.2 Å². The van der Waals surface area contributed by atoms with Gasteiger partial charge < -0.3 is 20.1 Å². The molecule has 0 saturated heterocycles. The number of aromatic nitrogens is 2. The van der Waals surface area contributed by atoms with E-state index in [9.17, 15) is 9.18 Å². The number of anilines is 3. The number of methoxy groups -OCH3 is 2. The van der Waals surface area contributed by atoms with E-state index in [2.05, 4.69) is 20.8 Å². The van der Waals surface area contributed by atoms with Crippen LogP contribution in [0.4, 0.5) is 21.7 Å². The standard InChI is InChI=1S/C19H17FN4O3/c1-26-12-7-8-16(27-2)15(11-12)21-17-9-10-18(24-23-17)22-19(25)13-5-3-4-6-14(13)20/h3-11H,1-2H3,(H,21,23)(H,22,24,25). The van der Waals surface area contributed by atoms with Crippen molar-refractivity contribution in [3.05, 3.63) is 66.0 Å². The molecule has 1 aromatic heterocycles. The lowest BCUT2D eigenvalue weighted by molar-refractivity contribution is 0.102. The van der Waals surface area contributed by atoms with Crippen LogP contribution >= 0.6 is 0 Å². The van der Waals surface area contributed by atoms with Crippen LogP contribution in [-0.4, -0.2) is 30.3 Å². The smallest absolute Gasteiger partial charge is 0.259 e. The summed E-state index contributed by atoms with van der Waals surface area (Å²) in [5, 5.41) is 13.5. The summed E-state index contributed by atoms with van der Waals surface area (Å²) in [6.07, 6.45) is 0. The number of hydrogen-bond donors (Lipinski definition) is 2. The third-order valence-electron chi connectivity index (χ3n) is 3.69. The van der Waals surface area contributed by atoms with Gasteiger partial charge in [0, 0.05) is 6.07 Å². The number of benzene rings is 2. The largest absolute Gasteiger partial charge is 0.497 e. The number of nitrogens with zero attached hydrogens (tertiary/aromatic N) is 2. The molecule has 2 aromatic carbocycles. The van der Waals surface area contributed by atoms with E-state index in [0.29, 0.717) is 23.0 Å². The Morgan fingerprint density at radius 2 is 1.70 bits per heavy atom. The van der Waals surface area contributed by atoms with Gasteiger partial charge >= 0.3 is 0 Å². The number of rotatable bonds is 6. The molecule has 0 aliphatic heterocycles. The molecule has 0 radical (unpaired) electrons. The highest BCUT2D eigenvalue weighted by atomic mass is 19.1. The zero-order valence-corrected chi connectivity index (χ0v) is 14.7. The predicted molar refractivity (Wildman–Crippen MR) is 99.2 cm³/mol. The van der Waals surface area contributed by atoms with Crippen molar-refractivity contribution in [2.75, 3.05) is 24.9 Å². The van der Waals surface area contributed by atoms with Gasteiger partial charge in [-0.1, -0.05) is 12.1 Å². The quantitative estimate of drug-likeness (QED) is 0.691. The lowest BCUT2D eigenvalue weighted by atomic mass is 10.2. The zero-order valence-electron chi connectivity index (χ0n) is 14.7. The average molecular weight is 368 g/mol. The fourth-order valence-corrected chi connectivity index (χ4v) is 2.34. The molecule has 1 heterocycles. The zero-order chi connectivity index (χ0) is 19.2. The van der Waals surface area contributed by atoms with Crippen LogP contribution in [-0.2, 0) is 0 Å². The van der Waals surface area contributed by atoms with E-state index in [-0.39, 0.29) is 11.4 Å². The van der Waals surface area contributed by atoms with Crippen LogP contribution < -0.4 is 20.1 Å². The highest BCUT2D eigenvalue weighted by Crippen LogP contribution is 2.30. The van der Waals surface area contributed by atoms with Crippen molar-refractivity contribution in [1.29, 1.82) is 0 Å². The fraction of sp³-hybridized carbons (Fsp3) is 0.105. The monoisotopic (exact) mass is 368 g/mol. The van der Waals surface area contributed by atoms with Gasteiger partial charge in [0.2, 0.25) is 0 Å². The van der Waals surface area contributed by atoms with Gasteiger partial charge in [0.1, 0.15) is 17.3 Å². The number of carbonyl (C=O) groups excluding carboxylic acids is 1. The molecular formula is C19H17FN4O3. The summed E-state index contributed by atoms with van der Waals surface area (Å²) in [5.74, 6) is 0.690. The second-order valence-corrected chi connectivity index (χ2v) is 5.43. The molecule has 138 valence electrons. The van der Waals surface area contributed by atoms with E-state index in [0.717, 1.165) is 0 Å². The van der Waals surface area contributed by atoms with Crippen LogP contribution in [0.3, 0.4) is 0 Å².